The van der Waals surface area contributed by atoms with E-state index in [0.29, 0.717) is 39.5 Å². The minimum absolute atomic E-state index is 0.169. The number of esters is 1. The molecule has 0 radical (unpaired) electrons. The van der Waals surface area contributed by atoms with Gasteiger partial charge in [-0.3, -0.25) is 14.9 Å². The van der Waals surface area contributed by atoms with Crippen molar-refractivity contribution < 1.29 is 28.7 Å². The number of carbonyl (C=O) groups excluding carboxylic acids is 2. The Morgan fingerprint density at radius 3 is 1.91 bits per heavy atom. The largest absolute Gasteiger partial charge is 0.497 e. The van der Waals surface area contributed by atoms with Crippen LogP contribution >= 0.6 is 0 Å². The van der Waals surface area contributed by atoms with Gasteiger partial charge in [-0.25, -0.2) is 14.8 Å². The molecule has 5 rings (SSSR count). The lowest BCUT2D eigenvalue weighted by molar-refractivity contribution is -0.384. The molecule has 0 spiro atoms. The molecule has 1 heterocycles. The van der Waals surface area contributed by atoms with E-state index in [9.17, 15) is 19.7 Å². The molecule has 1 atom stereocenters. The summed E-state index contributed by atoms with van der Waals surface area (Å²) in [5, 5.41) is 13.7. The van der Waals surface area contributed by atoms with Crippen LogP contribution < -0.4 is 14.8 Å². The number of nitrogens with one attached hydrogen (secondary N) is 1. The fraction of sp³-hybridized carbons (Fsp3) is 0.152. The van der Waals surface area contributed by atoms with Gasteiger partial charge in [-0.2, -0.15) is 0 Å². The topological polar surface area (TPSA) is 143 Å². The van der Waals surface area contributed by atoms with Crippen LogP contribution in [0.15, 0.2) is 84.9 Å². The van der Waals surface area contributed by atoms with Gasteiger partial charge in [0.1, 0.15) is 11.5 Å². The number of nitro benzene ring substituents is 1. The molecule has 0 aliphatic carbocycles. The first-order chi connectivity index (χ1) is 21.2. The lowest BCUT2D eigenvalue weighted by Crippen LogP contribution is -2.30. The average molecular weight is 593 g/mol. The van der Waals surface area contributed by atoms with E-state index in [1.807, 2.05) is 48.5 Å². The van der Waals surface area contributed by atoms with Gasteiger partial charge in [0.05, 0.1) is 52.8 Å². The number of hydrogen-bond acceptors (Lipinski definition) is 9. The number of aryl methyl sites for hydroxylation is 1. The molecule has 0 fully saturated rings. The molecule has 0 aliphatic heterocycles. The highest BCUT2D eigenvalue weighted by molar-refractivity contribution is 5.99. The van der Waals surface area contributed by atoms with Gasteiger partial charge in [0.2, 0.25) is 0 Å². The Hall–Kier alpha value is -5.84. The van der Waals surface area contributed by atoms with E-state index in [0.717, 1.165) is 11.1 Å². The normalized spacial score (nSPS) is 11.5. The number of nitro groups is 1. The monoisotopic (exact) mass is 592 g/mol. The molecule has 0 aliphatic rings. The number of amides is 1. The van der Waals surface area contributed by atoms with Crippen LogP contribution in [0.2, 0.25) is 0 Å². The maximum atomic E-state index is 13.1. The first kappa shape index (κ1) is 29.6. The van der Waals surface area contributed by atoms with Crippen LogP contribution in [0, 0.1) is 17.0 Å². The van der Waals surface area contributed by atoms with Crippen LogP contribution in [0.4, 0.5) is 11.4 Å². The van der Waals surface area contributed by atoms with E-state index in [1.54, 1.807) is 39.3 Å². The minimum atomic E-state index is -1.18. The van der Waals surface area contributed by atoms with E-state index in [1.165, 1.54) is 25.1 Å². The second-order valence-electron chi connectivity index (χ2n) is 9.87. The molecule has 0 saturated heterocycles. The second kappa shape index (κ2) is 12.6. The number of methoxy groups -OCH3 is 2. The summed E-state index contributed by atoms with van der Waals surface area (Å²) < 4.78 is 16.0. The predicted molar refractivity (Wildman–Crippen MR) is 165 cm³/mol. The predicted octanol–water partition coefficient (Wildman–Crippen LogP) is 6.38. The Morgan fingerprint density at radius 2 is 1.36 bits per heavy atom. The molecule has 0 bridgehead atoms. The molecule has 222 valence electrons. The van der Waals surface area contributed by atoms with Gasteiger partial charge >= 0.3 is 5.97 Å². The van der Waals surface area contributed by atoms with Gasteiger partial charge in [-0.05, 0) is 86.1 Å². The smallest absolute Gasteiger partial charge is 0.338 e. The van der Waals surface area contributed by atoms with Gasteiger partial charge in [0, 0.05) is 23.3 Å². The lowest BCUT2D eigenvalue weighted by atomic mass is 10.0. The zero-order chi connectivity index (χ0) is 31.4. The highest BCUT2D eigenvalue weighted by Gasteiger charge is 2.22. The number of benzene rings is 4. The number of fused-ring (bicyclic) bond motifs is 1. The molecule has 11 nitrogen and oxygen atoms in total. The van der Waals surface area contributed by atoms with E-state index >= 15 is 0 Å². The third kappa shape index (κ3) is 6.31. The fourth-order valence-corrected chi connectivity index (χ4v) is 4.46. The molecule has 11 heteroatoms. The number of non-ortho nitro benzene ring substituents is 1. The Morgan fingerprint density at radius 1 is 0.795 bits per heavy atom. The number of carbonyl (C=O) groups is 2. The highest BCUT2D eigenvalue weighted by atomic mass is 16.6. The van der Waals surface area contributed by atoms with Gasteiger partial charge in [0.25, 0.3) is 11.6 Å². The van der Waals surface area contributed by atoms with Crippen molar-refractivity contribution in [3.8, 4) is 34.0 Å². The molecule has 1 amide bonds. The third-order valence-corrected chi connectivity index (χ3v) is 6.97. The SMILES string of the molecule is COc1ccc(-c2nc3ccc(C(=O)OC(C)C(=O)Nc4cc([N+](=O)[O-])ccc4C)cc3nc2-c2ccc(OC)cc2)cc1. The van der Waals surface area contributed by atoms with Crippen molar-refractivity contribution in [2.24, 2.45) is 0 Å². The molecule has 1 N–H and O–H groups in total. The van der Waals surface area contributed by atoms with E-state index in [4.69, 9.17) is 24.2 Å². The summed E-state index contributed by atoms with van der Waals surface area (Å²) in [5.41, 5.74) is 4.74. The van der Waals surface area contributed by atoms with Gasteiger partial charge in [-0.15, -0.1) is 0 Å². The number of aromatic nitrogens is 2. The van der Waals surface area contributed by atoms with Crippen molar-refractivity contribution in [3.63, 3.8) is 0 Å². The number of rotatable bonds is 9. The van der Waals surface area contributed by atoms with Crippen molar-refractivity contribution in [1.82, 2.24) is 9.97 Å². The lowest BCUT2D eigenvalue weighted by Gasteiger charge is -2.15. The van der Waals surface area contributed by atoms with Crippen LogP contribution in [-0.2, 0) is 9.53 Å². The standard InChI is InChI=1S/C33H28N4O7/c1-19-5-11-24(37(40)41)18-28(19)36-32(38)20(2)44-33(39)23-10-16-27-29(17-23)35-31(22-8-14-26(43-4)15-9-22)30(34-27)21-6-12-25(42-3)13-7-21/h5-18,20H,1-4H3,(H,36,38). The summed E-state index contributed by atoms with van der Waals surface area (Å²) in [6.45, 7) is 3.12. The Bertz CT molecular complexity index is 1870. The fourth-order valence-electron chi connectivity index (χ4n) is 4.46. The third-order valence-electron chi connectivity index (χ3n) is 6.97. The second-order valence-corrected chi connectivity index (χ2v) is 9.87. The van der Waals surface area contributed by atoms with Crippen molar-refractivity contribution in [1.29, 1.82) is 0 Å². The summed E-state index contributed by atoms with van der Waals surface area (Å²) in [4.78, 5) is 46.2. The maximum Gasteiger partial charge on any atom is 0.338 e. The maximum absolute atomic E-state index is 13.1. The van der Waals surface area contributed by atoms with Crippen molar-refractivity contribution in [3.05, 3.63) is 106 Å². The Balaban J connectivity index is 1.43. The highest BCUT2D eigenvalue weighted by Crippen LogP contribution is 2.33. The zero-order valence-electron chi connectivity index (χ0n) is 24.4. The first-order valence-corrected chi connectivity index (χ1v) is 13.5. The number of ether oxygens (including phenoxy) is 3. The van der Waals surface area contributed by atoms with Crippen LogP contribution in [0.5, 0.6) is 11.5 Å². The van der Waals surface area contributed by atoms with Gasteiger partial charge < -0.3 is 19.5 Å². The first-order valence-electron chi connectivity index (χ1n) is 13.5. The molecule has 1 aromatic heterocycles. The summed E-state index contributed by atoms with van der Waals surface area (Å²) in [5.74, 6) is 0.0305. The summed E-state index contributed by atoms with van der Waals surface area (Å²) in [6.07, 6.45) is -1.18. The number of hydrogen-bond donors (Lipinski definition) is 1. The van der Waals surface area contributed by atoms with E-state index in [2.05, 4.69) is 5.32 Å². The van der Waals surface area contributed by atoms with Crippen LogP contribution in [0.25, 0.3) is 33.5 Å². The minimum Gasteiger partial charge on any atom is -0.497 e. The van der Waals surface area contributed by atoms with E-state index in [-0.39, 0.29) is 16.9 Å². The van der Waals surface area contributed by atoms with Gasteiger partial charge in [0.15, 0.2) is 6.10 Å². The Kier molecular flexibility index (Phi) is 8.47. The zero-order valence-corrected chi connectivity index (χ0v) is 24.4. The van der Waals surface area contributed by atoms with Gasteiger partial charge in [-0.1, -0.05) is 6.07 Å². The van der Waals surface area contributed by atoms with Crippen molar-refractivity contribution >= 4 is 34.3 Å². The molecule has 5 aromatic rings. The summed E-state index contributed by atoms with van der Waals surface area (Å²) in [7, 11) is 3.19. The molecular formula is C33H28N4O7. The van der Waals surface area contributed by atoms with E-state index < -0.39 is 22.9 Å². The quantitative estimate of drug-likeness (QED) is 0.117. The summed E-state index contributed by atoms with van der Waals surface area (Å²) in [6, 6.07) is 23.8. The number of anilines is 1. The molecular weight excluding hydrogens is 564 g/mol. The molecule has 4 aromatic carbocycles. The van der Waals surface area contributed by atoms with Crippen LogP contribution in [0.1, 0.15) is 22.8 Å². The van der Waals surface area contributed by atoms with Crippen LogP contribution in [0.3, 0.4) is 0 Å². The van der Waals surface area contributed by atoms with Crippen molar-refractivity contribution in [2.45, 2.75) is 20.0 Å². The summed E-state index contributed by atoms with van der Waals surface area (Å²) >= 11 is 0. The van der Waals surface area contributed by atoms with Crippen LogP contribution in [-0.4, -0.2) is 47.1 Å². The van der Waals surface area contributed by atoms with Crippen molar-refractivity contribution in [2.75, 3.05) is 19.5 Å². The molecule has 44 heavy (non-hydrogen) atoms. The Labute approximate surface area is 252 Å². The average Bonchev–Trinajstić information content (AvgIpc) is 3.04. The molecule has 0 saturated carbocycles. The number of nitrogens with zero attached hydrogens (tertiary/aromatic N) is 3. The molecule has 1 unspecified atom stereocenters.